The van der Waals surface area contributed by atoms with Gasteiger partial charge in [-0.2, -0.15) is 0 Å². The Labute approximate surface area is 113 Å². The van der Waals surface area contributed by atoms with E-state index in [0.29, 0.717) is 0 Å². The molecular weight excluding hydrogens is 244 g/mol. The predicted molar refractivity (Wildman–Crippen MR) is 76.6 cm³/mol. The van der Waals surface area contributed by atoms with E-state index in [1.807, 2.05) is 24.3 Å². The van der Waals surface area contributed by atoms with Crippen LogP contribution in [0.3, 0.4) is 0 Å². The second-order valence-corrected chi connectivity index (χ2v) is 4.90. The molecule has 0 saturated heterocycles. The van der Waals surface area contributed by atoms with E-state index in [1.54, 1.807) is 7.11 Å². The summed E-state index contributed by atoms with van der Waals surface area (Å²) in [6.07, 6.45) is 0. The zero-order valence-electron chi connectivity index (χ0n) is 10.9. The molecule has 0 aliphatic heterocycles. The van der Waals surface area contributed by atoms with Crippen LogP contribution >= 0.6 is 11.6 Å². The van der Waals surface area contributed by atoms with Gasteiger partial charge in [0.25, 0.3) is 0 Å². The molecule has 1 nitrogen and oxygen atoms in total. The number of methoxy groups -OCH3 is 1. The largest absolute Gasteiger partial charge is 0.496 e. The van der Waals surface area contributed by atoms with E-state index in [9.17, 15) is 0 Å². The van der Waals surface area contributed by atoms with Crippen molar-refractivity contribution in [2.75, 3.05) is 7.11 Å². The minimum absolute atomic E-state index is 0.179. The molecule has 0 saturated carbocycles. The van der Waals surface area contributed by atoms with Crippen molar-refractivity contribution in [2.45, 2.75) is 19.2 Å². The van der Waals surface area contributed by atoms with E-state index < -0.39 is 0 Å². The van der Waals surface area contributed by atoms with Gasteiger partial charge < -0.3 is 4.74 Å². The van der Waals surface area contributed by atoms with Crippen LogP contribution in [-0.2, 0) is 0 Å². The Morgan fingerprint density at radius 1 is 1.00 bits per heavy atom. The highest BCUT2D eigenvalue weighted by molar-refractivity contribution is 6.23. The Morgan fingerprint density at radius 2 is 1.72 bits per heavy atom. The first kappa shape index (κ1) is 13.0. The van der Waals surface area contributed by atoms with E-state index in [1.165, 1.54) is 11.1 Å². The summed E-state index contributed by atoms with van der Waals surface area (Å²) in [4.78, 5) is 0. The Morgan fingerprint density at radius 3 is 2.39 bits per heavy atom. The van der Waals surface area contributed by atoms with Crippen LogP contribution in [0.1, 0.15) is 27.6 Å². The van der Waals surface area contributed by atoms with E-state index >= 15 is 0 Å². The third-order valence-corrected chi connectivity index (χ3v) is 3.58. The highest BCUT2D eigenvalue weighted by atomic mass is 35.5. The molecule has 1 atom stereocenters. The van der Waals surface area contributed by atoms with Gasteiger partial charge in [0, 0.05) is 5.56 Å². The summed E-state index contributed by atoms with van der Waals surface area (Å²) >= 11 is 6.59. The fourth-order valence-corrected chi connectivity index (χ4v) is 2.58. The highest BCUT2D eigenvalue weighted by Gasteiger charge is 2.16. The maximum atomic E-state index is 6.59. The standard InChI is InChI=1S/C16H17ClO/c1-11-8-9-13(12(2)10-11)16(17)14-6-4-5-7-15(14)18-3/h4-10,16H,1-3H3. The van der Waals surface area contributed by atoms with Crippen LogP contribution in [0.15, 0.2) is 42.5 Å². The topological polar surface area (TPSA) is 9.23 Å². The molecule has 2 rings (SSSR count). The molecule has 0 aliphatic carbocycles. The van der Waals surface area contributed by atoms with Crippen LogP contribution in [0.2, 0.25) is 0 Å². The summed E-state index contributed by atoms with van der Waals surface area (Å²) in [7, 11) is 1.67. The van der Waals surface area contributed by atoms with E-state index in [-0.39, 0.29) is 5.38 Å². The van der Waals surface area contributed by atoms with Crippen LogP contribution in [-0.4, -0.2) is 7.11 Å². The SMILES string of the molecule is COc1ccccc1C(Cl)c1ccc(C)cc1C. The normalized spacial score (nSPS) is 12.2. The van der Waals surface area contributed by atoms with E-state index in [4.69, 9.17) is 16.3 Å². The first-order valence-electron chi connectivity index (χ1n) is 5.97. The molecule has 0 radical (unpaired) electrons. The minimum Gasteiger partial charge on any atom is -0.496 e. The monoisotopic (exact) mass is 260 g/mol. The molecule has 0 spiro atoms. The molecule has 0 aromatic heterocycles. The molecule has 0 aliphatic rings. The molecule has 0 N–H and O–H groups in total. The van der Waals surface area contributed by atoms with Crippen LogP contribution in [0.25, 0.3) is 0 Å². The smallest absolute Gasteiger partial charge is 0.123 e. The number of para-hydroxylation sites is 1. The number of ether oxygens (including phenoxy) is 1. The Kier molecular flexibility index (Phi) is 3.93. The van der Waals surface area contributed by atoms with E-state index in [2.05, 4.69) is 32.0 Å². The third kappa shape index (κ3) is 2.51. The number of hydrogen-bond donors (Lipinski definition) is 0. The van der Waals surface area contributed by atoms with Crippen LogP contribution in [0, 0.1) is 13.8 Å². The maximum Gasteiger partial charge on any atom is 0.123 e. The van der Waals surface area contributed by atoms with Crippen molar-refractivity contribution >= 4 is 11.6 Å². The van der Waals surface area contributed by atoms with Crippen molar-refractivity contribution in [3.05, 3.63) is 64.7 Å². The Bertz CT molecular complexity index is 549. The molecule has 0 fully saturated rings. The van der Waals surface area contributed by atoms with Gasteiger partial charge in [0.1, 0.15) is 5.75 Å². The van der Waals surface area contributed by atoms with Gasteiger partial charge in [0.05, 0.1) is 12.5 Å². The molecule has 0 amide bonds. The maximum absolute atomic E-state index is 6.59. The van der Waals surface area contributed by atoms with Gasteiger partial charge >= 0.3 is 0 Å². The van der Waals surface area contributed by atoms with Crippen molar-refractivity contribution in [1.82, 2.24) is 0 Å². The fraction of sp³-hybridized carbons (Fsp3) is 0.250. The number of alkyl halides is 1. The fourth-order valence-electron chi connectivity index (χ4n) is 2.15. The minimum atomic E-state index is -0.179. The van der Waals surface area contributed by atoms with E-state index in [0.717, 1.165) is 16.9 Å². The molecule has 94 valence electrons. The van der Waals surface area contributed by atoms with Crippen LogP contribution < -0.4 is 4.74 Å². The second kappa shape index (κ2) is 5.45. The molecular formula is C16H17ClO. The van der Waals surface area contributed by atoms with Crippen LogP contribution in [0.5, 0.6) is 5.75 Å². The summed E-state index contributed by atoms with van der Waals surface area (Å²) < 4.78 is 5.37. The quantitative estimate of drug-likeness (QED) is 0.731. The molecule has 1 unspecified atom stereocenters. The molecule has 2 heteroatoms. The zero-order valence-corrected chi connectivity index (χ0v) is 11.7. The summed E-state index contributed by atoms with van der Waals surface area (Å²) in [6.45, 7) is 4.18. The Balaban J connectivity index is 2.44. The number of aryl methyl sites for hydroxylation is 2. The van der Waals surface area contributed by atoms with Gasteiger partial charge in [0.2, 0.25) is 0 Å². The Hall–Kier alpha value is -1.47. The van der Waals surface area contributed by atoms with Crippen molar-refractivity contribution in [2.24, 2.45) is 0 Å². The third-order valence-electron chi connectivity index (χ3n) is 3.11. The van der Waals surface area contributed by atoms with Crippen LogP contribution in [0.4, 0.5) is 0 Å². The number of benzene rings is 2. The summed E-state index contributed by atoms with van der Waals surface area (Å²) in [6, 6.07) is 14.2. The van der Waals surface area contributed by atoms with Gasteiger partial charge in [-0.25, -0.2) is 0 Å². The number of rotatable bonds is 3. The van der Waals surface area contributed by atoms with Gasteiger partial charge in [-0.1, -0.05) is 42.0 Å². The van der Waals surface area contributed by atoms with Gasteiger partial charge in [-0.15, -0.1) is 11.6 Å². The van der Waals surface area contributed by atoms with Gasteiger partial charge in [-0.05, 0) is 31.0 Å². The van der Waals surface area contributed by atoms with Crippen molar-refractivity contribution in [3.8, 4) is 5.75 Å². The summed E-state index contributed by atoms with van der Waals surface area (Å²) in [5.74, 6) is 0.831. The molecule has 2 aromatic carbocycles. The predicted octanol–water partition coefficient (Wildman–Crippen LogP) is 4.64. The number of hydrogen-bond acceptors (Lipinski definition) is 1. The van der Waals surface area contributed by atoms with Crippen molar-refractivity contribution in [1.29, 1.82) is 0 Å². The summed E-state index contributed by atoms with van der Waals surface area (Å²) in [5.41, 5.74) is 4.60. The van der Waals surface area contributed by atoms with Gasteiger partial charge in [0.15, 0.2) is 0 Å². The first-order valence-corrected chi connectivity index (χ1v) is 6.41. The molecule has 2 aromatic rings. The molecule has 0 bridgehead atoms. The summed E-state index contributed by atoms with van der Waals surface area (Å²) in [5, 5.41) is -0.179. The lowest BCUT2D eigenvalue weighted by atomic mass is 9.98. The van der Waals surface area contributed by atoms with Gasteiger partial charge in [-0.3, -0.25) is 0 Å². The van der Waals surface area contributed by atoms with Crippen molar-refractivity contribution in [3.63, 3.8) is 0 Å². The second-order valence-electron chi connectivity index (χ2n) is 4.46. The lowest BCUT2D eigenvalue weighted by Crippen LogP contribution is -1.99. The zero-order chi connectivity index (χ0) is 13.1. The van der Waals surface area contributed by atoms with Crippen molar-refractivity contribution < 1.29 is 4.74 Å². The molecule has 18 heavy (non-hydrogen) atoms. The molecule has 0 heterocycles. The highest BCUT2D eigenvalue weighted by Crippen LogP contribution is 2.36. The lowest BCUT2D eigenvalue weighted by molar-refractivity contribution is 0.410. The lowest BCUT2D eigenvalue weighted by Gasteiger charge is -2.16. The first-order chi connectivity index (χ1) is 8.63. The average molecular weight is 261 g/mol. The number of halogens is 1. The average Bonchev–Trinajstić information content (AvgIpc) is 2.38.